The zero-order valence-electron chi connectivity index (χ0n) is 13.4. The molecule has 2 amide bonds. The molecule has 1 rings (SSSR count). The largest absolute Gasteiger partial charge is 0.447 e. The van der Waals surface area contributed by atoms with E-state index >= 15 is 0 Å². The molecule has 0 aliphatic carbocycles. The standard InChI is InChI=1S/C16H27NO4/c1-5-6-7-8-14(18)13(9-11(2)3)15(19)17-12(4)10-21-16(17)20/h7-8,11-14,18H,5-6,9-10H2,1-4H3/b8-7+/t12-,13-,14+/m1/s1. The topological polar surface area (TPSA) is 66.8 Å². The number of imide groups is 1. The Morgan fingerprint density at radius 2 is 2.19 bits per heavy atom. The first-order valence-electron chi connectivity index (χ1n) is 7.73. The first-order valence-corrected chi connectivity index (χ1v) is 7.73. The maximum Gasteiger partial charge on any atom is 0.416 e. The molecule has 1 aliphatic heterocycles. The molecular weight excluding hydrogens is 270 g/mol. The molecule has 0 aromatic heterocycles. The van der Waals surface area contributed by atoms with E-state index in [4.69, 9.17) is 4.74 Å². The van der Waals surface area contributed by atoms with Crippen molar-refractivity contribution >= 4 is 12.0 Å². The molecule has 1 aliphatic rings. The van der Waals surface area contributed by atoms with E-state index in [0.717, 1.165) is 17.7 Å². The summed E-state index contributed by atoms with van der Waals surface area (Å²) in [7, 11) is 0. The van der Waals surface area contributed by atoms with Gasteiger partial charge in [-0.25, -0.2) is 9.69 Å². The van der Waals surface area contributed by atoms with Gasteiger partial charge < -0.3 is 9.84 Å². The van der Waals surface area contributed by atoms with Gasteiger partial charge >= 0.3 is 6.09 Å². The maximum absolute atomic E-state index is 12.6. The summed E-state index contributed by atoms with van der Waals surface area (Å²) in [6.07, 6.45) is 4.46. The number of nitrogens with zero attached hydrogens (tertiary/aromatic N) is 1. The van der Waals surface area contributed by atoms with Crippen molar-refractivity contribution in [1.29, 1.82) is 0 Å². The summed E-state index contributed by atoms with van der Waals surface area (Å²) < 4.78 is 4.90. The van der Waals surface area contributed by atoms with Gasteiger partial charge in [-0.1, -0.05) is 39.3 Å². The van der Waals surface area contributed by atoms with Gasteiger partial charge in [0.2, 0.25) is 5.91 Å². The molecule has 5 nitrogen and oxygen atoms in total. The zero-order chi connectivity index (χ0) is 16.0. The third kappa shape index (κ3) is 4.84. The van der Waals surface area contributed by atoms with E-state index in [0.29, 0.717) is 6.42 Å². The number of ether oxygens (including phenoxy) is 1. The number of rotatable bonds is 7. The van der Waals surface area contributed by atoms with Crippen molar-refractivity contribution in [2.24, 2.45) is 11.8 Å². The lowest BCUT2D eigenvalue weighted by Crippen LogP contribution is -2.45. The number of amides is 2. The van der Waals surface area contributed by atoms with Gasteiger partial charge in [0.15, 0.2) is 0 Å². The summed E-state index contributed by atoms with van der Waals surface area (Å²) in [5.74, 6) is -0.694. The Hall–Kier alpha value is -1.36. The lowest BCUT2D eigenvalue weighted by Gasteiger charge is -2.26. The zero-order valence-corrected chi connectivity index (χ0v) is 13.4. The quantitative estimate of drug-likeness (QED) is 0.734. The van der Waals surface area contributed by atoms with Crippen molar-refractivity contribution in [1.82, 2.24) is 4.90 Å². The van der Waals surface area contributed by atoms with Crippen molar-refractivity contribution in [3.8, 4) is 0 Å². The minimum Gasteiger partial charge on any atom is -0.447 e. The van der Waals surface area contributed by atoms with Crippen LogP contribution >= 0.6 is 0 Å². The van der Waals surface area contributed by atoms with Crippen LogP contribution in [0.2, 0.25) is 0 Å². The maximum atomic E-state index is 12.6. The number of aliphatic hydroxyl groups is 1. The average Bonchev–Trinajstić information content (AvgIpc) is 2.74. The second-order valence-electron chi connectivity index (χ2n) is 6.08. The van der Waals surface area contributed by atoms with Crippen molar-refractivity contribution < 1.29 is 19.4 Å². The van der Waals surface area contributed by atoms with E-state index in [-0.39, 0.29) is 24.5 Å². The van der Waals surface area contributed by atoms with Crippen molar-refractivity contribution in [2.75, 3.05) is 6.61 Å². The van der Waals surface area contributed by atoms with Gasteiger partial charge in [-0.2, -0.15) is 0 Å². The first kappa shape index (κ1) is 17.7. The Morgan fingerprint density at radius 3 is 2.67 bits per heavy atom. The molecule has 21 heavy (non-hydrogen) atoms. The molecule has 1 N–H and O–H groups in total. The third-order valence-electron chi connectivity index (χ3n) is 3.57. The highest BCUT2D eigenvalue weighted by atomic mass is 16.6. The fraction of sp³-hybridized carbons (Fsp3) is 0.750. The molecule has 1 heterocycles. The van der Waals surface area contributed by atoms with Crippen LogP contribution in [0.15, 0.2) is 12.2 Å². The van der Waals surface area contributed by atoms with Crippen LogP contribution in [0.1, 0.15) is 47.0 Å². The lowest BCUT2D eigenvalue weighted by molar-refractivity contribution is -0.136. The summed E-state index contributed by atoms with van der Waals surface area (Å²) in [6.45, 7) is 8.04. The molecule has 1 saturated heterocycles. The monoisotopic (exact) mass is 297 g/mol. The van der Waals surface area contributed by atoms with Gasteiger partial charge in [0.05, 0.1) is 18.1 Å². The molecular formula is C16H27NO4. The molecule has 120 valence electrons. The van der Waals surface area contributed by atoms with E-state index in [2.05, 4.69) is 6.92 Å². The van der Waals surface area contributed by atoms with Crippen LogP contribution in [0.3, 0.4) is 0 Å². The number of aliphatic hydroxyl groups excluding tert-OH is 1. The van der Waals surface area contributed by atoms with Gasteiger partial charge in [0.25, 0.3) is 0 Å². The summed E-state index contributed by atoms with van der Waals surface area (Å²) in [6, 6.07) is -0.272. The average molecular weight is 297 g/mol. The van der Waals surface area contributed by atoms with Crippen LogP contribution in [0.4, 0.5) is 4.79 Å². The summed E-state index contributed by atoms with van der Waals surface area (Å²) in [5.41, 5.74) is 0. The summed E-state index contributed by atoms with van der Waals surface area (Å²) in [5, 5.41) is 10.3. The SMILES string of the molecule is CCC/C=C/[C@H](O)[C@@H](CC(C)C)C(=O)N1C(=O)OC[C@H]1C. The molecule has 0 aromatic rings. The second kappa shape index (κ2) is 8.17. The Balaban J connectivity index is 2.85. The van der Waals surface area contributed by atoms with Gasteiger partial charge in [0.1, 0.15) is 6.61 Å². The van der Waals surface area contributed by atoms with E-state index < -0.39 is 18.1 Å². The van der Waals surface area contributed by atoms with Crippen LogP contribution in [-0.2, 0) is 9.53 Å². The Labute approximate surface area is 127 Å². The fourth-order valence-electron chi connectivity index (χ4n) is 2.43. The Kier molecular flexibility index (Phi) is 6.89. The summed E-state index contributed by atoms with van der Waals surface area (Å²) in [4.78, 5) is 25.4. The van der Waals surface area contributed by atoms with Crippen LogP contribution in [0.5, 0.6) is 0 Å². The van der Waals surface area contributed by atoms with Gasteiger partial charge in [0, 0.05) is 0 Å². The van der Waals surface area contributed by atoms with Crippen LogP contribution in [0, 0.1) is 11.8 Å². The van der Waals surface area contributed by atoms with Gasteiger partial charge in [-0.05, 0) is 25.7 Å². The number of carbonyl (C=O) groups is 2. The van der Waals surface area contributed by atoms with E-state index in [1.54, 1.807) is 13.0 Å². The highest BCUT2D eigenvalue weighted by Gasteiger charge is 2.40. The number of cyclic esters (lactones) is 1. The molecule has 5 heteroatoms. The third-order valence-corrected chi connectivity index (χ3v) is 3.57. The van der Waals surface area contributed by atoms with Crippen LogP contribution in [0.25, 0.3) is 0 Å². The molecule has 0 spiro atoms. The predicted octanol–water partition coefficient (Wildman–Crippen LogP) is 2.73. The van der Waals surface area contributed by atoms with E-state index in [1.807, 2.05) is 19.9 Å². The number of allylic oxidation sites excluding steroid dienone is 1. The van der Waals surface area contributed by atoms with Crippen molar-refractivity contribution in [3.63, 3.8) is 0 Å². The highest BCUT2D eigenvalue weighted by molar-refractivity contribution is 5.95. The van der Waals surface area contributed by atoms with Crippen LogP contribution < -0.4 is 0 Å². The minimum atomic E-state index is -0.868. The number of unbranched alkanes of at least 4 members (excludes halogenated alkanes) is 1. The van der Waals surface area contributed by atoms with Crippen molar-refractivity contribution in [3.05, 3.63) is 12.2 Å². The van der Waals surface area contributed by atoms with Crippen molar-refractivity contribution in [2.45, 2.75) is 59.1 Å². The molecule has 0 bridgehead atoms. The normalized spacial score (nSPS) is 21.9. The predicted molar refractivity (Wildman–Crippen MR) is 80.7 cm³/mol. The number of hydrogen-bond acceptors (Lipinski definition) is 4. The van der Waals surface area contributed by atoms with E-state index in [9.17, 15) is 14.7 Å². The number of hydrogen-bond donors (Lipinski definition) is 1. The Morgan fingerprint density at radius 1 is 1.52 bits per heavy atom. The summed E-state index contributed by atoms with van der Waals surface area (Å²) >= 11 is 0. The molecule has 0 unspecified atom stereocenters. The first-order chi connectivity index (χ1) is 9.88. The molecule has 0 aromatic carbocycles. The molecule has 1 fully saturated rings. The molecule has 0 radical (unpaired) electrons. The Bertz CT molecular complexity index is 392. The van der Waals surface area contributed by atoms with Gasteiger partial charge in [-0.3, -0.25) is 4.79 Å². The van der Waals surface area contributed by atoms with Gasteiger partial charge in [-0.15, -0.1) is 0 Å². The smallest absolute Gasteiger partial charge is 0.416 e. The lowest BCUT2D eigenvalue weighted by atomic mass is 9.90. The molecule has 3 atom stereocenters. The highest BCUT2D eigenvalue weighted by Crippen LogP contribution is 2.23. The fourth-order valence-corrected chi connectivity index (χ4v) is 2.43. The van der Waals surface area contributed by atoms with Crippen LogP contribution in [-0.4, -0.2) is 40.8 Å². The molecule has 0 saturated carbocycles. The minimum absolute atomic E-state index is 0.223. The number of carbonyl (C=O) groups excluding carboxylic acids is 2. The second-order valence-corrected chi connectivity index (χ2v) is 6.08. The van der Waals surface area contributed by atoms with E-state index in [1.165, 1.54) is 0 Å².